The first kappa shape index (κ1) is 8.98. The number of carbonyl (C=O) groups excluding carboxylic acids is 1. The normalized spacial score (nSPS) is 19.0. The van der Waals surface area contributed by atoms with Gasteiger partial charge in [0.25, 0.3) is 0 Å². The highest BCUT2D eigenvalue weighted by Gasteiger charge is 2.12. The third kappa shape index (κ3) is 1.94. The molecule has 0 aromatic rings. The van der Waals surface area contributed by atoms with Crippen LogP contribution in [0, 0.1) is 0 Å². The van der Waals surface area contributed by atoms with E-state index in [1.165, 1.54) is 11.1 Å². The van der Waals surface area contributed by atoms with Crippen molar-refractivity contribution in [2.24, 2.45) is 0 Å². The fraction of sp³-hybridized carbons (Fsp3) is 0.364. The number of rotatable bonds is 2. The average molecular weight is 162 g/mol. The molecule has 0 heterocycles. The fourth-order valence-electron chi connectivity index (χ4n) is 1.39. The second-order valence-corrected chi connectivity index (χ2v) is 2.88. The van der Waals surface area contributed by atoms with Crippen molar-refractivity contribution in [3.63, 3.8) is 0 Å². The van der Waals surface area contributed by atoms with Crippen molar-refractivity contribution in [3.05, 3.63) is 35.5 Å². The van der Waals surface area contributed by atoms with Crippen LogP contribution in [-0.2, 0) is 4.79 Å². The van der Waals surface area contributed by atoms with Gasteiger partial charge < -0.3 is 0 Å². The Balaban J connectivity index is 2.81. The highest BCUT2D eigenvalue weighted by molar-refractivity contribution is 5.94. The summed E-state index contributed by atoms with van der Waals surface area (Å²) in [5, 5.41) is 0. The average Bonchev–Trinajstić information content (AvgIpc) is 2.47. The molecular weight excluding hydrogens is 148 g/mol. The highest BCUT2D eigenvalue weighted by Crippen LogP contribution is 2.23. The van der Waals surface area contributed by atoms with Crippen molar-refractivity contribution in [2.45, 2.75) is 26.7 Å². The smallest absolute Gasteiger partial charge is 0.156 e. The molecule has 1 rings (SSSR count). The lowest BCUT2D eigenvalue weighted by molar-refractivity contribution is -0.114. The molecule has 0 N–H and O–H groups in total. The van der Waals surface area contributed by atoms with Gasteiger partial charge in [-0.05, 0) is 37.5 Å². The van der Waals surface area contributed by atoms with Crippen LogP contribution in [0.3, 0.4) is 0 Å². The van der Waals surface area contributed by atoms with Gasteiger partial charge in [0.05, 0.1) is 0 Å². The van der Waals surface area contributed by atoms with Crippen LogP contribution in [0.25, 0.3) is 0 Å². The van der Waals surface area contributed by atoms with E-state index in [1.54, 1.807) is 6.08 Å². The van der Waals surface area contributed by atoms with Gasteiger partial charge in [0.1, 0.15) is 0 Å². The Morgan fingerprint density at radius 3 is 2.58 bits per heavy atom. The molecule has 0 fully saturated rings. The van der Waals surface area contributed by atoms with Crippen molar-refractivity contribution in [3.8, 4) is 0 Å². The monoisotopic (exact) mass is 162 g/mol. The summed E-state index contributed by atoms with van der Waals surface area (Å²) in [5.74, 6) is 0.258. The zero-order valence-corrected chi connectivity index (χ0v) is 7.63. The van der Waals surface area contributed by atoms with E-state index in [4.69, 9.17) is 0 Å². The Bertz CT molecular complexity index is 267. The summed E-state index contributed by atoms with van der Waals surface area (Å²) >= 11 is 0. The van der Waals surface area contributed by atoms with Gasteiger partial charge >= 0.3 is 0 Å². The Hall–Kier alpha value is -1.11. The molecule has 64 valence electrons. The van der Waals surface area contributed by atoms with Crippen LogP contribution in [0.4, 0.5) is 0 Å². The zero-order chi connectivity index (χ0) is 8.97. The van der Waals surface area contributed by atoms with Crippen molar-refractivity contribution >= 4 is 5.78 Å². The van der Waals surface area contributed by atoms with Gasteiger partial charge in [-0.1, -0.05) is 18.2 Å². The quantitative estimate of drug-likeness (QED) is 0.570. The van der Waals surface area contributed by atoms with E-state index >= 15 is 0 Å². The molecule has 0 saturated carbocycles. The van der Waals surface area contributed by atoms with E-state index in [2.05, 4.69) is 0 Å². The van der Waals surface area contributed by atoms with E-state index < -0.39 is 0 Å². The summed E-state index contributed by atoms with van der Waals surface area (Å²) in [6, 6.07) is 0. The lowest BCUT2D eigenvalue weighted by Gasteiger charge is -1.99. The van der Waals surface area contributed by atoms with Gasteiger partial charge in [-0.3, -0.25) is 4.79 Å². The first-order valence-electron chi connectivity index (χ1n) is 4.30. The molecule has 1 heteroatoms. The third-order valence-electron chi connectivity index (χ3n) is 2.00. The van der Waals surface area contributed by atoms with Gasteiger partial charge in [0, 0.05) is 6.42 Å². The van der Waals surface area contributed by atoms with Crippen molar-refractivity contribution in [1.82, 2.24) is 0 Å². The molecule has 0 aliphatic heterocycles. The molecule has 0 radical (unpaired) electrons. The standard InChI is InChI=1S/C11H14O/c1-3-5-9(4-2)10-6-7-11(12)8-10/h3-5,8H,6-7H2,1-2H3/b5-3-,9-4+. The Kier molecular flexibility index (Phi) is 3.03. The summed E-state index contributed by atoms with van der Waals surface area (Å²) in [6.45, 7) is 3.99. The summed E-state index contributed by atoms with van der Waals surface area (Å²) in [4.78, 5) is 11.0. The second-order valence-electron chi connectivity index (χ2n) is 2.88. The van der Waals surface area contributed by atoms with Crippen molar-refractivity contribution in [1.29, 1.82) is 0 Å². The number of hydrogen-bond acceptors (Lipinski definition) is 1. The molecule has 1 nitrogen and oxygen atoms in total. The molecule has 0 atom stereocenters. The van der Waals surface area contributed by atoms with Crippen LogP contribution in [0.1, 0.15) is 26.7 Å². The molecule has 0 amide bonds. The maximum atomic E-state index is 11.0. The van der Waals surface area contributed by atoms with Gasteiger partial charge in [-0.2, -0.15) is 0 Å². The number of hydrogen-bond donors (Lipinski definition) is 0. The largest absolute Gasteiger partial charge is 0.295 e. The number of carbonyl (C=O) groups is 1. The van der Waals surface area contributed by atoms with E-state index in [-0.39, 0.29) is 5.78 Å². The third-order valence-corrected chi connectivity index (χ3v) is 2.00. The summed E-state index contributed by atoms with van der Waals surface area (Å²) in [7, 11) is 0. The molecule has 12 heavy (non-hydrogen) atoms. The van der Waals surface area contributed by atoms with Gasteiger partial charge in [0.15, 0.2) is 5.78 Å². The van der Waals surface area contributed by atoms with E-state index in [9.17, 15) is 4.79 Å². The molecule has 1 aliphatic rings. The van der Waals surface area contributed by atoms with Crippen LogP contribution in [0.15, 0.2) is 35.5 Å². The van der Waals surface area contributed by atoms with Crippen LogP contribution < -0.4 is 0 Å². The lowest BCUT2D eigenvalue weighted by Crippen LogP contribution is -1.80. The van der Waals surface area contributed by atoms with Crippen LogP contribution in [0.2, 0.25) is 0 Å². The zero-order valence-electron chi connectivity index (χ0n) is 7.63. The number of ketones is 1. The minimum absolute atomic E-state index is 0.258. The minimum Gasteiger partial charge on any atom is -0.295 e. The van der Waals surface area contributed by atoms with Gasteiger partial charge in [0.2, 0.25) is 0 Å². The lowest BCUT2D eigenvalue weighted by atomic mass is 10.1. The predicted molar refractivity (Wildman–Crippen MR) is 50.9 cm³/mol. The van der Waals surface area contributed by atoms with Gasteiger partial charge in [-0.25, -0.2) is 0 Å². The summed E-state index contributed by atoms with van der Waals surface area (Å²) in [5.41, 5.74) is 2.36. The first-order chi connectivity index (χ1) is 5.77. The summed E-state index contributed by atoms with van der Waals surface area (Å²) < 4.78 is 0. The van der Waals surface area contributed by atoms with E-state index in [0.717, 1.165) is 6.42 Å². The minimum atomic E-state index is 0.258. The fourth-order valence-corrected chi connectivity index (χ4v) is 1.39. The Morgan fingerprint density at radius 2 is 2.17 bits per heavy atom. The molecular formula is C11H14O. The number of allylic oxidation sites excluding steroid dienone is 6. The van der Waals surface area contributed by atoms with Crippen LogP contribution >= 0.6 is 0 Å². The van der Waals surface area contributed by atoms with E-state index in [0.29, 0.717) is 6.42 Å². The van der Waals surface area contributed by atoms with E-state index in [1.807, 2.05) is 32.1 Å². The SMILES string of the molecule is C/C=C\C(=C/C)C1=CC(=O)CC1. The Labute approximate surface area is 73.5 Å². The predicted octanol–water partition coefficient (Wildman–Crippen LogP) is 2.80. The van der Waals surface area contributed by atoms with Crippen molar-refractivity contribution < 1.29 is 4.79 Å². The second kappa shape index (κ2) is 4.05. The summed E-state index contributed by atoms with van der Waals surface area (Å²) in [6.07, 6.45) is 9.44. The maximum absolute atomic E-state index is 11.0. The maximum Gasteiger partial charge on any atom is 0.156 e. The van der Waals surface area contributed by atoms with Crippen LogP contribution in [-0.4, -0.2) is 5.78 Å². The first-order valence-corrected chi connectivity index (χ1v) is 4.30. The van der Waals surface area contributed by atoms with Gasteiger partial charge in [-0.15, -0.1) is 0 Å². The molecule has 0 spiro atoms. The van der Waals surface area contributed by atoms with Crippen molar-refractivity contribution in [2.75, 3.05) is 0 Å². The highest BCUT2D eigenvalue weighted by atomic mass is 16.1. The molecule has 1 aliphatic carbocycles. The topological polar surface area (TPSA) is 17.1 Å². The van der Waals surface area contributed by atoms with Crippen LogP contribution in [0.5, 0.6) is 0 Å². The molecule has 0 unspecified atom stereocenters. The molecule has 0 aromatic carbocycles. The molecule has 0 bridgehead atoms. The molecule has 0 aromatic heterocycles. The Morgan fingerprint density at radius 1 is 1.42 bits per heavy atom. The molecule has 0 saturated heterocycles.